The molecule has 0 saturated heterocycles. The highest BCUT2D eigenvalue weighted by Gasteiger charge is 2.11. The molecule has 266 valence electrons. The average molecular weight is 1070 g/mol. The van der Waals surface area contributed by atoms with Crippen molar-refractivity contribution in [3.8, 4) is 0 Å². The highest BCUT2D eigenvalue weighted by molar-refractivity contribution is 9.93. The molecule has 0 saturated carbocycles. The number of H-pyrrole nitrogens is 3. The van der Waals surface area contributed by atoms with Gasteiger partial charge >= 0.3 is 17.1 Å². The first-order chi connectivity index (χ1) is 23.9. The van der Waals surface area contributed by atoms with Gasteiger partial charge in [0.1, 0.15) is 0 Å². The van der Waals surface area contributed by atoms with Crippen molar-refractivity contribution in [3.63, 3.8) is 0 Å². The fourth-order valence-electron chi connectivity index (χ4n) is 4.57. The first-order valence-electron chi connectivity index (χ1n) is 14.0. The number of nitrogens with one attached hydrogen (secondary N) is 3. The summed E-state index contributed by atoms with van der Waals surface area (Å²) in [5, 5.41) is 1.41. The van der Waals surface area contributed by atoms with E-state index in [4.69, 9.17) is 34.8 Å². The van der Waals surface area contributed by atoms with Gasteiger partial charge in [0.2, 0.25) is 0 Å². The summed E-state index contributed by atoms with van der Waals surface area (Å²) in [5.41, 5.74) is -0.676. The minimum atomic E-state index is -0.453. The molecule has 0 fully saturated rings. The summed E-state index contributed by atoms with van der Waals surface area (Å²) >= 11 is 32.0. The number of rotatable bonds is 6. The molecule has 3 aromatic heterocycles. The maximum Gasteiger partial charge on any atom is 0.328 e. The van der Waals surface area contributed by atoms with E-state index in [1.807, 2.05) is 0 Å². The number of hydrogen-bond donors (Lipinski definition) is 3. The van der Waals surface area contributed by atoms with Crippen molar-refractivity contribution in [1.82, 2.24) is 28.7 Å². The summed E-state index contributed by atoms with van der Waals surface area (Å²) in [6, 6.07) is 15.5. The summed E-state index contributed by atoms with van der Waals surface area (Å²) in [7, 11) is 0. The minimum Gasteiger partial charge on any atom is -0.307 e. The van der Waals surface area contributed by atoms with E-state index in [1.165, 1.54) is 0 Å². The lowest BCUT2D eigenvalue weighted by Gasteiger charge is -2.06. The molecule has 6 aromatic rings. The van der Waals surface area contributed by atoms with Gasteiger partial charge in [-0.25, -0.2) is 14.4 Å². The molecule has 3 N–H and O–H groups in total. The second-order valence-electron chi connectivity index (χ2n) is 9.77. The molecule has 50 heavy (non-hydrogen) atoms. The van der Waals surface area contributed by atoms with Gasteiger partial charge in [-0.15, -0.1) is 34.8 Å². The minimum absolute atomic E-state index is 0.190. The van der Waals surface area contributed by atoms with Gasteiger partial charge in [0.25, 0.3) is 16.7 Å². The van der Waals surface area contributed by atoms with Crippen molar-refractivity contribution in [2.75, 3.05) is 17.6 Å². The van der Waals surface area contributed by atoms with E-state index in [-0.39, 0.29) is 54.0 Å². The largest absolute Gasteiger partial charge is 0.328 e. The Balaban J connectivity index is 0.000000198. The Morgan fingerprint density at radius 2 is 0.960 bits per heavy atom. The Hall–Kier alpha value is -2.25. The van der Waals surface area contributed by atoms with Crippen LogP contribution in [0.25, 0.3) is 32.7 Å². The van der Waals surface area contributed by atoms with Crippen LogP contribution in [0.3, 0.4) is 0 Å². The smallest absolute Gasteiger partial charge is 0.307 e. The highest BCUT2D eigenvalue weighted by Crippen LogP contribution is 2.24. The monoisotopic (exact) mass is 1060 g/mol. The van der Waals surface area contributed by atoms with E-state index in [9.17, 15) is 28.8 Å². The predicted octanol–water partition coefficient (Wildman–Crippen LogP) is 6.76. The number of aromatic amines is 3. The SMILES string of the molecule is BrBr.O=c1[nH]c2c(Br)cc(Br)cc2c(=O)n1CCCl.O=c1[nH]c2ccc(Br)cc2c(=O)n1CCCl.O=c1[nH]c2ccccc2c(=O)n1CCCl. The maximum absolute atomic E-state index is 12.1. The average Bonchev–Trinajstić information content (AvgIpc) is 3.09. The van der Waals surface area contributed by atoms with E-state index >= 15 is 0 Å². The zero-order chi connectivity index (χ0) is 37.1. The summed E-state index contributed by atoms with van der Waals surface area (Å²) in [6.07, 6.45) is 0. The van der Waals surface area contributed by atoms with Gasteiger partial charge in [-0.3, -0.25) is 28.1 Å². The normalized spacial score (nSPS) is 10.6. The van der Waals surface area contributed by atoms with Crippen LogP contribution in [0.2, 0.25) is 0 Å². The van der Waals surface area contributed by atoms with E-state index in [2.05, 4.69) is 91.0 Å². The molecule has 3 heterocycles. The summed E-state index contributed by atoms with van der Waals surface area (Å²) in [5.74, 6) is 0.674. The molecule has 0 atom stereocenters. The molecule has 0 amide bonds. The predicted molar refractivity (Wildman–Crippen MR) is 220 cm³/mol. The van der Waals surface area contributed by atoms with Gasteiger partial charge < -0.3 is 15.0 Å². The number of benzene rings is 3. The zero-order valence-corrected chi connectivity index (χ0v) is 35.5. The van der Waals surface area contributed by atoms with Crippen LogP contribution in [0.15, 0.2) is 96.8 Å². The number of para-hydroxylation sites is 1. The number of nitrogens with zero attached hydrogens (tertiary/aromatic N) is 3. The molecule has 6 rings (SSSR count). The number of hydrogen-bond acceptors (Lipinski definition) is 6. The van der Waals surface area contributed by atoms with Crippen LogP contribution in [0.5, 0.6) is 0 Å². The molecule has 12 nitrogen and oxygen atoms in total. The first kappa shape index (κ1) is 42.2. The van der Waals surface area contributed by atoms with Crippen molar-refractivity contribution in [1.29, 1.82) is 0 Å². The molecule has 0 aliphatic rings. The van der Waals surface area contributed by atoms with Crippen LogP contribution in [0.4, 0.5) is 0 Å². The summed E-state index contributed by atoms with van der Waals surface area (Å²) in [6.45, 7) is 0.620. The van der Waals surface area contributed by atoms with Gasteiger partial charge in [-0.2, -0.15) is 0 Å². The Kier molecular flexibility index (Phi) is 17.0. The Labute approximate surface area is 337 Å². The second kappa shape index (κ2) is 20.1. The lowest BCUT2D eigenvalue weighted by Crippen LogP contribution is -2.35. The molecular formula is C30H24Br5Cl3N6O6. The third-order valence-electron chi connectivity index (χ3n) is 6.77. The number of alkyl halides is 3. The van der Waals surface area contributed by atoms with Crippen LogP contribution in [-0.2, 0) is 19.6 Å². The van der Waals surface area contributed by atoms with Crippen molar-refractivity contribution < 1.29 is 0 Å². The first-order valence-corrected chi connectivity index (χ1v) is 21.7. The highest BCUT2D eigenvalue weighted by atomic mass is 80.9. The van der Waals surface area contributed by atoms with Crippen LogP contribution < -0.4 is 33.7 Å². The lowest BCUT2D eigenvalue weighted by atomic mass is 10.2. The van der Waals surface area contributed by atoms with Crippen LogP contribution >= 0.6 is 111 Å². The molecule has 0 aliphatic heterocycles. The second-order valence-corrected chi connectivity index (χ2v) is 13.6. The Morgan fingerprint density at radius 1 is 0.520 bits per heavy atom. The number of halogens is 8. The quantitative estimate of drug-likeness (QED) is 0.156. The fourth-order valence-corrected chi connectivity index (χ4v) is 6.76. The molecule has 0 aliphatic carbocycles. The molecule has 0 radical (unpaired) electrons. The molecule has 20 heteroatoms. The maximum atomic E-state index is 12.1. The van der Waals surface area contributed by atoms with Gasteiger partial charge in [0.05, 0.1) is 32.7 Å². The molecule has 3 aromatic carbocycles. The van der Waals surface area contributed by atoms with Crippen LogP contribution in [0, 0.1) is 0 Å². The molecule has 0 bridgehead atoms. The summed E-state index contributed by atoms with van der Waals surface area (Å²) in [4.78, 5) is 78.6. The van der Waals surface area contributed by atoms with Gasteiger partial charge in [-0.05, 0) is 58.4 Å². The zero-order valence-electron chi connectivity index (χ0n) is 25.3. The lowest BCUT2D eigenvalue weighted by molar-refractivity contribution is 0.688. The number of aromatic nitrogens is 6. The molecule has 0 unspecified atom stereocenters. The number of fused-ring (bicyclic) bond motifs is 3. The van der Waals surface area contributed by atoms with E-state index in [0.717, 1.165) is 22.6 Å². The fraction of sp³-hybridized carbons (Fsp3) is 0.200. The van der Waals surface area contributed by atoms with Gasteiger partial charge in [-0.1, -0.05) is 44.0 Å². The topological polar surface area (TPSA) is 165 Å². The third-order valence-corrected chi connectivity index (χ3v) is 8.85. The molecular weight excluding hydrogens is 1050 g/mol. The Bertz CT molecular complexity index is 2500. The van der Waals surface area contributed by atoms with E-state index < -0.39 is 17.1 Å². The van der Waals surface area contributed by atoms with Gasteiger partial charge in [0, 0.05) is 78.9 Å². The van der Waals surface area contributed by atoms with Crippen molar-refractivity contribution in [3.05, 3.63) is 131 Å². The van der Waals surface area contributed by atoms with Crippen LogP contribution in [0.1, 0.15) is 0 Å². The van der Waals surface area contributed by atoms with E-state index in [0.29, 0.717) is 37.2 Å². The Morgan fingerprint density at radius 3 is 1.50 bits per heavy atom. The van der Waals surface area contributed by atoms with Crippen LogP contribution in [-0.4, -0.2) is 46.3 Å². The van der Waals surface area contributed by atoms with E-state index in [1.54, 1.807) is 54.6 Å². The standard InChI is InChI=1S/C10H7Br2ClN2O2.C10H8BrClN2O2.C10H9ClN2O2.Br2/c11-5-3-6-8(7(12)4-5)14-10(17)15(2-1-13)9(6)16;11-6-1-2-8-7(5-6)9(15)14(4-3-12)10(16)13-8;11-5-6-13-9(14)7-3-1-2-4-8(7)12-10(13)15;1-2/h3-4H,1-2H2,(H,14,17);1-2,5H,3-4H2,(H,13,16);1-4H,5-6H2,(H,12,15);. The molecule has 0 spiro atoms. The van der Waals surface area contributed by atoms with Crippen molar-refractivity contribution >= 4 is 144 Å². The third kappa shape index (κ3) is 10.2. The van der Waals surface area contributed by atoms with Crippen molar-refractivity contribution in [2.24, 2.45) is 0 Å². The van der Waals surface area contributed by atoms with Gasteiger partial charge in [0.15, 0.2) is 0 Å². The summed E-state index contributed by atoms with van der Waals surface area (Å²) < 4.78 is 5.51. The van der Waals surface area contributed by atoms with Crippen molar-refractivity contribution in [2.45, 2.75) is 19.6 Å².